The van der Waals surface area contributed by atoms with E-state index in [2.05, 4.69) is 21.2 Å². The molecule has 102 valence electrons. The maximum Gasteiger partial charge on any atom is 0.154 e. The lowest BCUT2D eigenvalue weighted by molar-refractivity contribution is 0.588. The molecule has 0 aromatic heterocycles. The Kier molecular flexibility index (Phi) is 5.16. The average Bonchev–Trinajstić information content (AvgIpc) is 2.25. The van der Waals surface area contributed by atoms with E-state index in [1.54, 1.807) is 19.9 Å². The van der Waals surface area contributed by atoms with Crippen molar-refractivity contribution in [2.45, 2.75) is 26.0 Å². The number of benzene rings is 1. The van der Waals surface area contributed by atoms with Crippen LogP contribution in [0.4, 0.5) is 10.1 Å². The second-order valence-corrected chi connectivity index (χ2v) is 7.95. The highest BCUT2D eigenvalue weighted by molar-refractivity contribution is 9.10. The van der Waals surface area contributed by atoms with Crippen LogP contribution < -0.4 is 5.32 Å². The summed E-state index contributed by atoms with van der Waals surface area (Å²) in [4.78, 5) is 0. The zero-order valence-electron chi connectivity index (χ0n) is 10.6. The summed E-state index contributed by atoms with van der Waals surface area (Å²) < 4.78 is 37.0. The van der Waals surface area contributed by atoms with Gasteiger partial charge in [0.1, 0.15) is 5.82 Å². The molecular formula is C12H17BrFNO2S. The molecule has 1 aromatic carbocycles. The van der Waals surface area contributed by atoms with E-state index in [0.29, 0.717) is 10.2 Å². The number of rotatable bonds is 5. The summed E-state index contributed by atoms with van der Waals surface area (Å²) in [5.74, 6) is -0.322. The first-order valence-corrected chi connectivity index (χ1v) is 8.16. The van der Waals surface area contributed by atoms with Crippen molar-refractivity contribution in [2.75, 3.05) is 17.6 Å². The molecule has 0 heterocycles. The molecule has 1 aromatic rings. The zero-order chi connectivity index (χ0) is 13.9. The molecule has 1 N–H and O–H groups in total. The monoisotopic (exact) mass is 337 g/mol. The Labute approximate surface area is 116 Å². The number of aryl methyl sites for hydroxylation is 1. The van der Waals surface area contributed by atoms with Gasteiger partial charge >= 0.3 is 0 Å². The number of hydrogen-bond acceptors (Lipinski definition) is 3. The second kappa shape index (κ2) is 6.02. The quantitative estimate of drug-likeness (QED) is 0.897. The number of halogens is 2. The molecule has 18 heavy (non-hydrogen) atoms. The standard InChI is InChI=1S/C12H17BrFNO2S/c1-8(2)18(16,17)5-4-15-12-7-11(14)10(13)6-9(12)3/h6-8,15H,4-5H2,1-3H3. The highest BCUT2D eigenvalue weighted by Gasteiger charge is 2.15. The third kappa shape index (κ3) is 3.95. The number of nitrogens with one attached hydrogen (secondary N) is 1. The molecule has 1 rings (SSSR count). The van der Waals surface area contributed by atoms with Crippen LogP contribution in [-0.2, 0) is 9.84 Å². The molecule has 0 fully saturated rings. The minimum absolute atomic E-state index is 0.0434. The summed E-state index contributed by atoms with van der Waals surface area (Å²) in [5, 5.41) is 2.56. The Hall–Kier alpha value is -0.620. The Bertz CT molecular complexity index is 529. The Morgan fingerprint density at radius 1 is 1.39 bits per heavy atom. The van der Waals surface area contributed by atoms with Crippen molar-refractivity contribution in [3.05, 3.63) is 28.0 Å². The van der Waals surface area contributed by atoms with Crippen molar-refractivity contribution in [2.24, 2.45) is 0 Å². The summed E-state index contributed by atoms with van der Waals surface area (Å²) >= 11 is 3.10. The summed E-state index contributed by atoms with van der Waals surface area (Å²) in [6, 6.07) is 3.02. The van der Waals surface area contributed by atoms with E-state index in [1.165, 1.54) is 6.07 Å². The first kappa shape index (κ1) is 15.4. The zero-order valence-corrected chi connectivity index (χ0v) is 13.0. The third-order valence-electron chi connectivity index (χ3n) is 2.69. The van der Waals surface area contributed by atoms with E-state index in [9.17, 15) is 12.8 Å². The SMILES string of the molecule is Cc1cc(Br)c(F)cc1NCCS(=O)(=O)C(C)C. The fourth-order valence-electron chi connectivity index (χ4n) is 1.40. The molecule has 0 radical (unpaired) electrons. The summed E-state index contributed by atoms with van der Waals surface area (Å²) in [5.41, 5.74) is 1.49. The van der Waals surface area contributed by atoms with E-state index in [0.717, 1.165) is 5.56 Å². The highest BCUT2D eigenvalue weighted by atomic mass is 79.9. The summed E-state index contributed by atoms with van der Waals surface area (Å²) in [7, 11) is -3.06. The largest absolute Gasteiger partial charge is 0.384 e. The van der Waals surface area contributed by atoms with Crippen molar-refractivity contribution in [3.8, 4) is 0 Å². The van der Waals surface area contributed by atoms with Crippen LogP contribution in [0.15, 0.2) is 16.6 Å². The van der Waals surface area contributed by atoms with Crippen molar-refractivity contribution in [1.29, 1.82) is 0 Å². The normalized spacial score (nSPS) is 11.9. The van der Waals surface area contributed by atoms with E-state index in [4.69, 9.17) is 0 Å². The summed E-state index contributed by atoms with van der Waals surface area (Å²) in [6.45, 7) is 5.42. The number of sulfone groups is 1. The molecule has 6 heteroatoms. The van der Waals surface area contributed by atoms with Gasteiger partial charge in [0.2, 0.25) is 0 Å². The van der Waals surface area contributed by atoms with E-state index < -0.39 is 9.84 Å². The highest BCUT2D eigenvalue weighted by Crippen LogP contribution is 2.23. The molecule has 0 spiro atoms. The van der Waals surface area contributed by atoms with E-state index in [-0.39, 0.29) is 23.4 Å². The van der Waals surface area contributed by atoms with Crippen LogP contribution in [0.3, 0.4) is 0 Å². The van der Waals surface area contributed by atoms with Gasteiger partial charge in [-0.2, -0.15) is 0 Å². The predicted molar refractivity (Wildman–Crippen MR) is 76.2 cm³/mol. The minimum Gasteiger partial charge on any atom is -0.384 e. The van der Waals surface area contributed by atoms with Crippen molar-refractivity contribution >= 4 is 31.5 Å². The Morgan fingerprint density at radius 2 is 2.00 bits per heavy atom. The molecule has 0 aliphatic carbocycles. The first-order valence-electron chi connectivity index (χ1n) is 5.65. The lowest BCUT2D eigenvalue weighted by Crippen LogP contribution is -2.23. The van der Waals surface area contributed by atoms with E-state index >= 15 is 0 Å². The minimum atomic E-state index is -3.06. The van der Waals surface area contributed by atoms with Gasteiger partial charge in [-0.05, 0) is 54.4 Å². The second-order valence-electron chi connectivity index (χ2n) is 4.42. The van der Waals surface area contributed by atoms with Crippen molar-refractivity contribution in [1.82, 2.24) is 0 Å². The van der Waals surface area contributed by atoms with E-state index in [1.807, 2.05) is 6.92 Å². The van der Waals surface area contributed by atoms with Crippen molar-refractivity contribution < 1.29 is 12.8 Å². The van der Waals surface area contributed by atoms with Gasteiger partial charge in [-0.3, -0.25) is 0 Å². The smallest absolute Gasteiger partial charge is 0.154 e. The Morgan fingerprint density at radius 3 is 2.56 bits per heavy atom. The topological polar surface area (TPSA) is 46.2 Å². The van der Waals surface area contributed by atoms with Gasteiger partial charge in [0.05, 0.1) is 15.5 Å². The van der Waals surface area contributed by atoms with Gasteiger partial charge in [-0.25, -0.2) is 12.8 Å². The molecular weight excluding hydrogens is 321 g/mol. The molecule has 0 bridgehead atoms. The Balaban J connectivity index is 2.68. The first-order chi connectivity index (χ1) is 8.24. The molecule has 0 aliphatic heterocycles. The van der Waals surface area contributed by atoms with Crippen LogP contribution >= 0.6 is 15.9 Å². The molecule has 0 atom stereocenters. The number of anilines is 1. The molecule has 0 unspecified atom stereocenters. The molecule has 0 saturated heterocycles. The predicted octanol–water partition coefficient (Wildman–Crippen LogP) is 3.13. The van der Waals surface area contributed by atoms with Crippen LogP contribution in [0.25, 0.3) is 0 Å². The van der Waals surface area contributed by atoms with Crippen LogP contribution in [0.2, 0.25) is 0 Å². The van der Waals surface area contributed by atoms with Crippen LogP contribution in [-0.4, -0.2) is 26.0 Å². The van der Waals surface area contributed by atoms with Gasteiger partial charge in [0, 0.05) is 12.2 Å². The molecule has 0 amide bonds. The van der Waals surface area contributed by atoms with Crippen LogP contribution in [0.5, 0.6) is 0 Å². The van der Waals surface area contributed by atoms with Crippen LogP contribution in [0, 0.1) is 12.7 Å². The van der Waals surface area contributed by atoms with Crippen molar-refractivity contribution in [3.63, 3.8) is 0 Å². The lowest BCUT2D eigenvalue weighted by Gasteiger charge is -2.12. The molecule has 0 saturated carbocycles. The fourth-order valence-corrected chi connectivity index (χ4v) is 2.72. The molecule has 0 aliphatic rings. The molecule has 3 nitrogen and oxygen atoms in total. The van der Waals surface area contributed by atoms with Crippen LogP contribution in [0.1, 0.15) is 19.4 Å². The summed E-state index contributed by atoms with van der Waals surface area (Å²) in [6.07, 6.45) is 0. The maximum atomic E-state index is 13.3. The third-order valence-corrected chi connectivity index (χ3v) is 5.50. The van der Waals surface area contributed by atoms with Gasteiger partial charge in [0.25, 0.3) is 0 Å². The van der Waals surface area contributed by atoms with Gasteiger partial charge in [0.15, 0.2) is 9.84 Å². The number of hydrogen-bond donors (Lipinski definition) is 1. The van der Waals surface area contributed by atoms with Gasteiger partial charge in [-0.1, -0.05) is 0 Å². The maximum absolute atomic E-state index is 13.3. The van der Waals surface area contributed by atoms with Gasteiger partial charge in [-0.15, -0.1) is 0 Å². The van der Waals surface area contributed by atoms with Gasteiger partial charge < -0.3 is 5.32 Å². The average molecular weight is 338 g/mol. The lowest BCUT2D eigenvalue weighted by atomic mass is 10.2. The fraction of sp³-hybridized carbons (Fsp3) is 0.500.